The molecule has 3 aromatic heterocycles. The summed E-state index contributed by atoms with van der Waals surface area (Å²) in [6.45, 7) is 11.0. The molecule has 7 nitrogen and oxygen atoms in total. The monoisotopic (exact) mass is 534 g/mol. The average molecular weight is 535 g/mol. The fraction of sp³-hybridized carbons (Fsp3) is 0.290. The van der Waals surface area contributed by atoms with Crippen LogP contribution in [-0.2, 0) is 16.9 Å². The number of dihydropyridines is 1. The van der Waals surface area contributed by atoms with Crippen LogP contribution < -0.4 is 0 Å². The zero-order valence-corrected chi connectivity index (χ0v) is 24.0. The van der Waals surface area contributed by atoms with Crippen LogP contribution in [-0.4, -0.2) is 52.2 Å². The molecule has 0 amide bonds. The normalized spacial score (nSPS) is 17.7. The highest BCUT2D eigenvalue weighted by molar-refractivity contribution is 6.76. The second kappa shape index (κ2) is 10.0. The molecule has 39 heavy (non-hydrogen) atoms. The van der Waals surface area contributed by atoms with Crippen molar-refractivity contribution in [2.75, 3.05) is 13.2 Å². The number of benzene rings is 2. The molecule has 0 radical (unpaired) electrons. The van der Waals surface area contributed by atoms with Crippen LogP contribution in [0.1, 0.15) is 18.1 Å². The quantitative estimate of drug-likeness (QED) is 0.180. The van der Waals surface area contributed by atoms with Gasteiger partial charge in [0.15, 0.2) is 5.82 Å². The van der Waals surface area contributed by atoms with Crippen molar-refractivity contribution in [1.82, 2.24) is 24.7 Å². The lowest BCUT2D eigenvalue weighted by Crippen LogP contribution is -2.34. The minimum atomic E-state index is -1.18. The molecule has 0 spiro atoms. The molecular formula is C31H34N6OSi. The molecule has 1 aliphatic rings. The molecule has 0 saturated heterocycles. The van der Waals surface area contributed by atoms with Crippen LogP contribution in [0.15, 0.2) is 83.6 Å². The van der Waals surface area contributed by atoms with Crippen molar-refractivity contribution < 1.29 is 4.74 Å². The number of ether oxygens (including phenoxy) is 1. The molecular weight excluding hydrogens is 500 g/mol. The Kier molecular flexibility index (Phi) is 6.52. The molecule has 8 heteroatoms. The summed E-state index contributed by atoms with van der Waals surface area (Å²) in [5, 5.41) is 6.08. The Morgan fingerprint density at radius 1 is 1.05 bits per heavy atom. The predicted octanol–water partition coefficient (Wildman–Crippen LogP) is 6.60. The van der Waals surface area contributed by atoms with Crippen LogP contribution in [0.25, 0.3) is 33.5 Å². The van der Waals surface area contributed by atoms with Gasteiger partial charge in [-0.15, -0.1) is 0 Å². The van der Waals surface area contributed by atoms with Gasteiger partial charge >= 0.3 is 0 Å². The number of rotatable bonds is 8. The first kappa shape index (κ1) is 25.4. The Labute approximate surface area is 229 Å². The largest absolute Gasteiger partial charge is 0.360 e. The van der Waals surface area contributed by atoms with E-state index in [1.54, 1.807) is 0 Å². The van der Waals surface area contributed by atoms with Crippen molar-refractivity contribution >= 4 is 36.2 Å². The SMILES string of the molecule is CC1=CC=NCC1(c1cccnc1)c1ccc2c(c1)c(-c1nc3ccccc3[nH]1)nn2COCC[Si](C)(C)C. The second-order valence-electron chi connectivity index (χ2n) is 11.5. The van der Waals surface area contributed by atoms with Gasteiger partial charge in [0.2, 0.25) is 0 Å². The molecule has 0 fully saturated rings. The molecule has 1 N–H and O–H groups in total. The molecule has 1 atom stereocenters. The summed E-state index contributed by atoms with van der Waals surface area (Å²) in [6, 6.07) is 20.0. The van der Waals surface area contributed by atoms with E-state index in [0.717, 1.165) is 57.2 Å². The first-order valence-electron chi connectivity index (χ1n) is 13.5. The van der Waals surface area contributed by atoms with Gasteiger partial charge in [0, 0.05) is 38.7 Å². The molecule has 198 valence electrons. The third-order valence-corrected chi connectivity index (χ3v) is 9.36. The van der Waals surface area contributed by atoms with Crippen LogP contribution >= 0.6 is 0 Å². The number of aromatic nitrogens is 5. The number of nitrogens with zero attached hydrogens (tertiary/aromatic N) is 5. The van der Waals surface area contributed by atoms with Gasteiger partial charge in [-0.1, -0.05) is 49.5 Å². The van der Waals surface area contributed by atoms with Crippen LogP contribution in [0, 0.1) is 0 Å². The van der Waals surface area contributed by atoms with E-state index in [1.807, 2.05) is 53.6 Å². The van der Waals surface area contributed by atoms with E-state index < -0.39 is 13.5 Å². The number of pyridine rings is 1. The van der Waals surface area contributed by atoms with E-state index in [-0.39, 0.29) is 0 Å². The van der Waals surface area contributed by atoms with E-state index in [2.05, 4.69) is 66.9 Å². The number of nitrogens with one attached hydrogen (secondary N) is 1. The number of H-pyrrole nitrogens is 1. The minimum absolute atomic E-state index is 0.400. The summed E-state index contributed by atoms with van der Waals surface area (Å²) in [5.74, 6) is 0.753. The number of allylic oxidation sites excluding steroid dienone is 1. The van der Waals surface area contributed by atoms with Gasteiger partial charge in [-0.3, -0.25) is 9.98 Å². The molecule has 4 heterocycles. The summed E-state index contributed by atoms with van der Waals surface area (Å²) in [7, 11) is -1.18. The van der Waals surface area contributed by atoms with Gasteiger partial charge in [-0.05, 0) is 60.5 Å². The highest BCUT2D eigenvalue weighted by atomic mass is 28.3. The van der Waals surface area contributed by atoms with Crippen molar-refractivity contribution in [1.29, 1.82) is 0 Å². The number of hydrogen-bond acceptors (Lipinski definition) is 5. The van der Waals surface area contributed by atoms with Gasteiger partial charge in [-0.25, -0.2) is 9.67 Å². The zero-order chi connectivity index (χ0) is 27.0. The Morgan fingerprint density at radius 3 is 2.69 bits per heavy atom. The summed E-state index contributed by atoms with van der Waals surface area (Å²) in [5.41, 5.74) is 6.86. The molecule has 0 aliphatic carbocycles. The highest BCUT2D eigenvalue weighted by Gasteiger charge is 2.38. The standard InChI is InChI=1S/C31H34N6OSi/c1-22-13-15-33-20-31(22,24-8-7-14-32-19-24)23-11-12-28-25(18-23)29(30-34-26-9-5-6-10-27(26)35-30)36-37(28)21-38-16-17-39(2,3)4/h5-15,18-19H,16-17,20-21H2,1-4H3,(H,34,35). The van der Waals surface area contributed by atoms with Gasteiger partial charge in [0.25, 0.3) is 0 Å². The highest BCUT2D eigenvalue weighted by Crippen LogP contribution is 2.42. The van der Waals surface area contributed by atoms with E-state index >= 15 is 0 Å². The summed E-state index contributed by atoms with van der Waals surface area (Å²) in [4.78, 5) is 17.6. The maximum Gasteiger partial charge on any atom is 0.159 e. The smallest absolute Gasteiger partial charge is 0.159 e. The van der Waals surface area contributed by atoms with Crippen molar-refractivity contribution in [3.05, 3.63) is 89.8 Å². The Morgan fingerprint density at radius 2 is 1.92 bits per heavy atom. The Bertz CT molecular complexity index is 1660. The molecule has 6 rings (SSSR count). The van der Waals surface area contributed by atoms with Crippen LogP contribution in [0.2, 0.25) is 25.7 Å². The fourth-order valence-corrected chi connectivity index (χ4v) is 6.11. The topological polar surface area (TPSA) is 81.0 Å². The van der Waals surface area contributed by atoms with E-state index in [0.29, 0.717) is 13.3 Å². The first-order chi connectivity index (χ1) is 18.8. The Hall–Kier alpha value is -3.88. The van der Waals surface area contributed by atoms with Gasteiger partial charge in [0.1, 0.15) is 12.4 Å². The van der Waals surface area contributed by atoms with E-state index in [9.17, 15) is 0 Å². The number of fused-ring (bicyclic) bond motifs is 2. The van der Waals surface area contributed by atoms with Gasteiger partial charge in [0.05, 0.1) is 28.5 Å². The van der Waals surface area contributed by atoms with E-state index in [4.69, 9.17) is 19.8 Å². The molecule has 2 aromatic carbocycles. The molecule has 0 bridgehead atoms. The maximum absolute atomic E-state index is 6.13. The number of para-hydroxylation sites is 2. The average Bonchev–Trinajstić information content (AvgIpc) is 3.52. The number of aromatic amines is 1. The number of hydrogen-bond donors (Lipinski definition) is 1. The lowest BCUT2D eigenvalue weighted by atomic mass is 9.69. The minimum Gasteiger partial charge on any atom is -0.360 e. The van der Waals surface area contributed by atoms with Crippen molar-refractivity contribution in [3.8, 4) is 11.5 Å². The van der Waals surface area contributed by atoms with E-state index in [1.165, 1.54) is 5.57 Å². The van der Waals surface area contributed by atoms with Crippen molar-refractivity contribution in [3.63, 3.8) is 0 Å². The molecule has 5 aromatic rings. The van der Waals surface area contributed by atoms with Crippen LogP contribution in [0.4, 0.5) is 0 Å². The lowest BCUT2D eigenvalue weighted by molar-refractivity contribution is 0.0818. The molecule has 1 aliphatic heterocycles. The summed E-state index contributed by atoms with van der Waals surface area (Å²) >= 11 is 0. The predicted molar refractivity (Wildman–Crippen MR) is 161 cm³/mol. The summed E-state index contributed by atoms with van der Waals surface area (Å²) in [6.07, 6.45) is 7.78. The lowest BCUT2D eigenvalue weighted by Gasteiger charge is -2.36. The fourth-order valence-electron chi connectivity index (χ4n) is 5.35. The third kappa shape index (κ3) is 4.75. The van der Waals surface area contributed by atoms with Crippen molar-refractivity contribution in [2.45, 2.75) is 44.8 Å². The zero-order valence-electron chi connectivity index (χ0n) is 23.0. The molecule has 1 unspecified atom stereocenters. The number of aliphatic imine (C=N–C) groups is 1. The van der Waals surface area contributed by atoms with Gasteiger partial charge in [-0.2, -0.15) is 5.10 Å². The third-order valence-electron chi connectivity index (χ3n) is 7.65. The molecule has 0 saturated carbocycles. The first-order valence-corrected chi connectivity index (χ1v) is 17.2. The van der Waals surface area contributed by atoms with Crippen LogP contribution in [0.5, 0.6) is 0 Å². The van der Waals surface area contributed by atoms with Crippen molar-refractivity contribution in [2.24, 2.45) is 4.99 Å². The second-order valence-corrected chi connectivity index (χ2v) is 17.1. The van der Waals surface area contributed by atoms with Gasteiger partial charge < -0.3 is 9.72 Å². The Balaban J connectivity index is 1.49. The maximum atomic E-state index is 6.13. The summed E-state index contributed by atoms with van der Waals surface area (Å²) < 4.78 is 8.10. The van der Waals surface area contributed by atoms with Crippen LogP contribution in [0.3, 0.4) is 0 Å². The number of imidazole rings is 1.